The topological polar surface area (TPSA) is 97.5 Å². The summed E-state index contributed by atoms with van der Waals surface area (Å²) in [6, 6.07) is 1.63. The second-order valence-electron chi connectivity index (χ2n) is 2.95. The number of nitrogens with two attached hydrogens (primary N) is 1. The summed E-state index contributed by atoms with van der Waals surface area (Å²) in [7, 11) is 0. The molecule has 0 spiro atoms. The molecule has 0 saturated carbocycles. The zero-order valence-corrected chi connectivity index (χ0v) is 10.8. The quantitative estimate of drug-likeness (QED) is 0.686. The van der Waals surface area contributed by atoms with Gasteiger partial charge in [0.05, 0.1) is 12.2 Å². The maximum Gasteiger partial charge on any atom is 0.336 e. The molecule has 1 heterocycles. The summed E-state index contributed by atoms with van der Waals surface area (Å²) < 4.78 is 16.8. The fraction of sp³-hybridized carbons (Fsp3) is 0.250. The molecule has 1 rings (SSSR count). The fourth-order valence-electron chi connectivity index (χ4n) is 1.00. The lowest BCUT2D eigenvalue weighted by molar-refractivity contribution is -0.143. The lowest BCUT2D eigenvalue weighted by Crippen LogP contribution is -2.29. The lowest BCUT2D eigenvalue weighted by atomic mass is 10.3. The minimum Gasteiger partial charge on any atom is -0.479 e. The molecular formula is C8H9BrFN3O3S. The van der Waals surface area contributed by atoms with Gasteiger partial charge in [-0.05, 0) is 22.0 Å². The van der Waals surface area contributed by atoms with Crippen LogP contribution in [0.2, 0.25) is 0 Å². The number of nitrogens with zero attached hydrogens (tertiary/aromatic N) is 1. The third-order valence-electron chi connectivity index (χ3n) is 1.79. The van der Waals surface area contributed by atoms with Crippen molar-refractivity contribution in [1.29, 1.82) is 0 Å². The van der Waals surface area contributed by atoms with Gasteiger partial charge in [-0.2, -0.15) is 0 Å². The third-order valence-corrected chi connectivity index (χ3v) is 2.53. The summed E-state index contributed by atoms with van der Waals surface area (Å²) in [4.78, 5) is 14.5. The predicted molar refractivity (Wildman–Crippen MR) is 66.0 cm³/mol. The zero-order valence-electron chi connectivity index (χ0n) is 8.39. The highest BCUT2D eigenvalue weighted by molar-refractivity contribution is 9.10. The molecule has 0 radical (unpaired) electrons. The molecule has 0 aliphatic rings. The molecule has 9 heteroatoms. The van der Waals surface area contributed by atoms with Crippen molar-refractivity contribution in [2.75, 3.05) is 17.6 Å². The van der Waals surface area contributed by atoms with Crippen LogP contribution in [0.1, 0.15) is 0 Å². The molecule has 0 aromatic carbocycles. The molecule has 6 nitrogen and oxygen atoms in total. The Bertz CT molecular complexity index is 410. The van der Waals surface area contributed by atoms with Gasteiger partial charge in [0.25, 0.3) is 0 Å². The van der Waals surface area contributed by atoms with Crippen molar-refractivity contribution in [1.82, 2.24) is 4.98 Å². The van der Waals surface area contributed by atoms with Gasteiger partial charge < -0.3 is 16.2 Å². The van der Waals surface area contributed by atoms with Crippen molar-refractivity contribution in [3.63, 3.8) is 0 Å². The molecule has 1 atom stereocenters. The van der Waals surface area contributed by atoms with E-state index < -0.39 is 24.5 Å². The van der Waals surface area contributed by atoms with Gasteiger partial charge in [0.1, 0.15) is 5.82 Å². The SMILES string of the molecule is Nc1ncc(Br)cc1NCC(OSF)C(=O)O. The van der Waals surface area contributed by atoms with E-state index in [4.69, 9.17) is 10.8 Å². The van der Waals surface area contributed by atoms with E-state index in [0.717, 1.165) is 0 Å². The van der Waals surface area contributed by atoms with Gasteiger partial charge >= 0.3 is 5.97 Å². The van der Waals surface area contributed by atoms with Crippen LogP contribution in [-0.4, -0.2) is 28.7 Å². The summed E-state index contributed by atoms with van der Waals surface area (Å²) in [5.74, 6) is -1.06. The molecule has 0 amide bonds. The fourth-order valence-corrected chi connectivity index (χ4v) is 1.57. The standard InChI is InChI=1S/C8H9BrFN3O3S/c9-4-1-5(7(11)13-2-4)12-3-6(8(14)15)16-17-10/h1-2,6,12H,3H2,(H2,11,13)(H,14,15). The number of nitrogens with one attached hydrogen (secondary N) is 1. The van der Waals surface area contributed by atoms with E-state index in [-0.39, 0.29) is 12.4 Å². The summed E-state index contributed by atoms with van der Waals surface area (Å²) in [6.07, 6.45) is 0.187. The third kappa shape index (κ3) is 4.36. The Morgan fingerprint density at radius 3 is 3.12 bits per heavy atom. The van der Waals surface area contributed by atoms with E-state index in [1.54, 1.807) is 6.07 Å². The molecule has 0 fully saturated rings. The first-order valence-corrected chi connectivity index (χ1v) is 5.80. The van der Waals surface area contributed by atoms with Gasteiger partial charge in [0.2, 0.25) is 12.4 Å². The minimum atomic E-state index is -1.32. The maximum atomic E-state index is 11.8. The summed E-state index contributed by atoms with van der Waals surface area (Å²) in [5.41, 5.74) is 6.01. The number of carboxylic acid groups (broad SMARTS) is 1. The van der Waals surface area contributed by atoms with Gasteiger partial charge in [0.15, 0.2) is 6.10 Å². The Morgan fingerprint density at radius 2 is 2.53 bits per heavy atom. The van der Waals surface area contributed by atoms with Crippen molar-refractivity contribution in [3.8, 4) is 0 Å². The molecule has 0 aliphatic carbocycles. The van der Waals surface area contributed by atoms with Crippen molar-refractivity contribution in [2.45, 2.75) is 6.10 Å². The predicted octanol–water partition coefficient (Wildman–Crippen LogP) is 1.84. The van der Waals surface area contributed by atoms with Crippen molar-refractivity contribution >= 4 is 45.8 Å². The van der Waals surface area contributed by atoms with Crippen LogP contribution in [0, 0.1) is 0 Å². The monoisotopic (exact) mass is 325 g/mol. The van der Waals surface area contributed by atoms with Crippen LogP contribution in [0.5, 0.6) is 0 Å². The van der Waals surface area contributed by atoms with Gasteiger partial charge in [-0.3, -0.25) is 4.18 Å². The van der Waals surface area contributed by atoms with E-state index in [1.165, 1.54) is 6.20 Å². The molecule has 0 aliphatic heterocycles. The zero-order chi connectivity index (χ0) is 12.8. The average Bonchev–Trinajstić information content (AvgIpc) is 2.28. The smallest absolute Gasteiger partial charge is 0.336 e. The van der Waals surface area contributed by atoms with Crippen LogP contribution in [-0.2, 0) is 8.98 Å². The van der Waals surface area contributed by atoms with E-state index in [9.17, 15) is 8.68 Å². The molecular weight excluding hydrogens is 317 g/mol. The number of rotatable bonds is 6. The molecule has 94 valence electrons. The normalized spacial score (nSPS) is 12.1. The van der Waals surface area contributed by atoms with Crippen LogP contribution in [0.25, 0.3) is 0 Å². The van der Waals surface area contributed by atoms with E-state index in [0.29, 0.717) is 10.2 Å². The first-order valence-electron chi connectivity index (χ1n) is 4.36. The van der Waals surface area contributed by atoms with Gasteiger partial charge in [-0.1, -0.05) is 0 Å². The maximum absolute atomic E-state index is 11.8. The number of aliphatic carboxylic acids is 1. The number of hydrogen-bond donors (Lipinski definition) is 3. The van der Waals surface area contributed by atoms with Gasteiger partial charge in [0, 0.05) is 10.7 Å². The van der Waals surface area contributed by atoms with E-state index >= 15 is 0 Å². The number of nitrogen functional groups attached to an aromatic ring is 1. The lowest BCUT2D eigenvalue weighted by Gasteiger charge is -2.13. The van der Waals surface area contributed by atoms with E-state index in [1.807, 2.05) is 0 Å². The van der Waals surface area contributed by atoms with Crippen molar-refractivity contribution in [3.05, 3.63) is 16.7 Å². The average molecular weight is 326 g/mol. The molecule has 0 saturated heterocycles. The molecule has 1 aromatic rings. The number of hydrogen-bond acceptors (Lipinski definition) is 6. The minimum absolute atomic E-state index is 0.130. The summed E-state index contributed by atoms with van der Waals surface area (Å²) in [5, 5.41) is 11.4. The van der Waals surface area contributed by atoms with E-state index in [2.05, 4.69) is 30.4 Å². The number of carboxylic acids is 1. The summed E-state index contributed by atoms with van der Waals surface area (Å²) >= 11 is 2.70. The number of pyridine rings is 1. The number of carbonyl (C=O) groups is 1. The van der Waals surface area contributed by atoms with Gasteiger partial charge in [-0.25, -0.2) is 9.78 Å². The van der Waals surface area contributed by atoms with Crippen LogP contribution >= 0.6 is 28.4 Å². The molecule has 1 aromatic heterocycles. The Hall–Kier alpha value is -1.06. The number of anilines is 2. The molecule has 4 N–H and O–H groups in total. The second-order valence-corrected chi connectivity index (χ2v) is 4.19. The highest BCUT2D eigenvalue weighted by Gasteiger charge is 2.19. The Morgan fingerprint density at radius 1 is 1.82 bits per heavy atom. The van der Waals surface area contributed by atoms with Crippen LogP contribution in [0.15, 0.2) is 16.7 Å². The first-order chi connectivity index (χ1) is 8.04. The van der Waals surface area contributed by atoms with Crippen LogP contribution < -0.4 is 11.1 Å². The summed E-state index contributed by atoms with van der Waals surface area (Å²) in [6.45, 7) is -0.130. The Balaban J connectivity index is 2.64. The van der Waals surface area contributed by atoms with Crippen molar-refractivity contribution in [2.24, 2.45) is 0 Å². The second kappa shape index (κ2) is 6.62. The van der Waals surface area contributed by atoms with Crippen LogP contribution in [0.3, 0.4) is 0 Å². The number of halogens is 2. The Labute approximate surface area is 109 Å². The highest BCUT2D eigenvalue weighted by Crippen LogP contribution is 2.21. The molecule has 1 unspecified atom stereocenters. The van der Waals surface area contributed by atoms with Gasteiger partial charge in [-0.15, -0.1) is 3.89 Å². The first kappa shape index (κ1) is 14.0. The largest absolute Gasteiger partial charge is 0.479 e. The Kier molecular flexibility index (Phi) is 5.45. The number of aromatic nitrogens is 1. The molecule has 17 heavy (non-hydrogen) atoms. The molecule has 0 bridgehead atoms. The van der Waals surface area contributed by atoms with Crippen molar-refractivity contribution < 1.29 is 18.0 Å². The van der Waals surface area contributed by atoms with Crippen LogP contribution in [0.4, 0.5) is 15.4 Å². The highest BCUT2D eigenvalue weighted by atomic mass is 79.9.